The molecule has 0 unspecified atom stereocenters. The zero-order valence-corrected chi connectivity index (χ0v) is 28.3. The first-order chi connectivity index (χ1) is 32.7. The minimum atomic E-state index is -3.65. The van der Waals surface area contributed by atoms with E-state index in [1.165, 1.54) is 11.3 Å². The fourth-order valence-corrected chi connectivity index (χ4v) is 8.60. The summed E-state index contributed by atoms with van der Waals surface area (Å²) in [5.74, 6) is -0.0629. The Labute approximate surface area is 333 Å². The van der Waals surface area contributed by atoms with E-state index in [0.717, 1.165) is 35.9 Å². The number of nitrogens with zero attached hydrogens (tertiary/aromatic N) is 4. The summed E-state index contributed by atoms with van der Waals surface area (Å²) in [5.41, 5.74) is -3.83. The zero-order valence-electron chi connectivity index (χ0n) is 43.4. The van der Waals surface area contributed by atoms with Crippen LogP contribution < -0.4 is 0 Å². The molecule has 0 atom stereocenters. The molecule has 53 heavy (non-hydrogen) atoms. The van der Waals surface area contributed by atoms with Crippen LogP contribution in [-0.2, 0) is 5.41 Å². The third-order valence-electron chi connectivity index (χ3n) is 9.81. The van der Waals surface area contributed by atoms with Crippen molar-refractivity contribution in [3.05, 3.63) is 169 Å². The van der Waals surface area contributed by atoms with Gasteiger partial charge in [0, 0.05) is 55.7 Å². The second-order valence-electron chi connectivity index (χ2n) is 12.8. The minimum Gasteiger partial charge on any atom is -0.278 e. The van der Waals surface area contributed by atoms with Gasteiger partial charge >= 0.3 is 0 Å². The molecule has 4 nitrogen and oxygen atoms in total. The summed E-state index contributed by atoms with van der Waals surface area (Å²) in [6.45, 7) is -7.29. The van der Waals surface area contributed by atoms with E-state index in [9.17, 15) is 6.85 Å². The monoisotopic (exact) mass is 712 g/mol. The van der Waals surface area contributed by atoms with Crippen LogP contribution in [0.15, 0.2) is 157 Å². The molecule has 3 heterocycles. The molecule has 0 amide bonds. The van der Waals surface area contributed by atoms with E-state index in [4.69, 9.17) is 30.0 Å². The van der Waals surface area contributed by atoms with Crippen molar-refractivity contribution < 1.29 is 21.9 Å². The van der Waals surface area contributed by atoms with E-state index < -0.39 is 102 Å². The maximum absolute atomic E-state index is 9.79. The number of aromatic nitrogens is 4. The Morgan fingerprint density at radius 3 is 2.19 bits per heavy atom. The molecule has 0 aliphatic heterocycles. The topological polar surface area (TPSA) is 43.6 Å². The van der Waals surface area contributed by atoms with E-state index in [1.807, 2.05) is 84.9 Å². The molecular formula is C48H32N4S. The van der Waals surface area contributed by atoms with Crippen LogP contribution in [0.2, 0.25) is 0 Å². The molecule has 0 bridgehead atoms. The highest BCUT2D eigenvalue weighted by atomic mass is 32.1. The maximum atomic E-state index is 9.79. The molecule has 7 aromatic carbocycles. The first-order valence-electron chi connectivity index (χ1n) is 24.7. The van der Waals surface area contributed by atoms with Gasteiger partial charge in [-0.25, -0.2) is 4.98 Å². The molecular weight excluding hydrogens is 665 g/mol. The summed E-state index contributed by atoms with van der Waals surface area (Å²) in [6, 6.07) is 22.4. The van der Waals surface area contributed by atoms with Crippen molar-refractivity contribution in [1.82, 2.24) is 19.5 Å². The second-order valence-corrected chi connectivity index (χ2v) is 13.8. The van der Waals surface area contributed by atoms with Crippen LogP contribution in [0.3, 0.4) is 0 Å². The van der Waals surface area contributed by atoms with Gasteiger partial charge in [-0.1, -0.05) is 147 Å². The Morgan fingerprint density at radius 1 is 0.566 bits per heavy atom. The predicted molar refractivity (Wildman–Crippen MR) is 221 cm³/mol. The van der Waals surface area contributed by atoms with Crippen molar-refractivity contribution >= 4 is 53.3 Å². The van der Waals surface area contributed by atoms with E-state index in [0.29, 0.717) is 11.1 Å². The molecule has 0 fully saturated rings. The maximum Gasteiger partial charge on any atom is 0.238 e. The molecule has 0 saturated heterocycles. The molecule has 1 aliphatic carbocycles. The Bertz CT molecular complexity index is 3870. The molecule has 0 saturated carbocycles. The van der Waals surface area contributed by atoms with Crippen LogP contribution in [0.4, 0.5) is 0 Å². The number of hydrogen-bond acceptors (Lipinski definition) is 4. The average molecular weight is 713 g/mol. The normalized spacial score (nSPS) is 18.0. The smallest absolute Gasteiger partial charge is 0.238 e. The van der Waals surface area contributed by atoms with Crippen LogP contribution >= 0.6 is 11.3 Å². The van der Waals surface area contributed by atoms with E-state index in [2.05, 4.69) is 0 Å². The Morgan fingerprint density at radius 2 is 1.30 bits per heavy atom. The zero-order chi connectivity index (χ0) is 49.0. The van der Waals surface area contributed by atoms with Gasteiger partial charge in [-0.2, -0.15) is 9.97 Å². The highest BCUT2D eigenvalue weighted by Crippen LogP contribution is 2.53. The summed E-state index contributed by atoms with van der Waals surface area (Å²) in [6.07, 6.45) is 0. The van der Waals surface area contributed by atoms with Crippen molar-refractivity contribution in [2.24, 2.45) is 0 Å². The lowest BCUT2D eigenvalue weighted by atomic mass is 9.82. The molecule has 11 rings (SSSR count). The highest BCUT2D eigenvalue weighted by Gasteiger charge is 2.37. The van der Waals surface area contributed by atoms with Crippen LogP contribution in [0.25, 0.3) is 93.0 Å². The minimum absolute atomic E-state index is 0.102. The summed E-state index contributed by atoms with van der Waals surface area (Å²) < 4.78 is 148. The van der Waals surface area contributed by atoms with Crippen LogP contribution in [0.1, 0.15) is 46.8 Å². The van der Waals surface area contributed by atoms with Crippen molar-refractivity contribution in [2.75, 3.05) is 0 Å². The van der Waals surface area contributed by atoms with Crippen molar-refractivity contribution in [2.45, 2.75) is 19.1 Å². The van der Waals surface area contributed by atoms with Gasteiger partial charge < -0.3 is 0 Å². The van der Waals surface area contributed by atoms with Crippen molar-refractivity contribution in [1.29, 1.82) is 0 Å². The number of rotatable bonds is 4. The van der Waals surface area contributed by atoms with Gasteiger partial charge in [0.15, 0.2) is 11.6 Å². The highest BCUT2D eigenvalue weighted by molar-refractivity contribution is 7.26. The molecule has 10 aromatic rings. The Hall–Kier alpha value is -6.43. The van der Waals surface area contributed by atoms with Crippen molar-refractivity contribution in [3.63, 3.8) is 0 Å². The molecule has 250 valence electrons. The van der Waals surface area contributed by atoms with E-state index >= 15 is 0 Å². The van der Waals surface area contributed by atoms with Gasteiger partial charge in [-0.3, -0.25) is 4.57 Å². The average Bonchev–Trinajstić information content (AvgIpc) is 4.01. The van der Waals surface area contributed by atoms with E-state index in [-0.39, 0.29) is 39.4 Å². The number of thiophene rings is 1. The number of fused-ring (bicyclic) bond motifs is 10. The number of benzene rings is 7. The van der Waals surface area contributed by atoms with Crippen molar-refractivity contribution in [3.8, 4) is 51.0 Å². The number of hydrogen-bond donors (Lipinski definition) is 0. The standard InChI is InChI=1S/C48H32N4S/c1-48(2)37-20-9-6-16-34(37)42-38(48)27-28-40-43(42)35-17-7-10-21-39(35)52(40)47-50-45(31-25-23-30(24-26-31)29-13-4-3-5-14-29)49-46(51-47)36-19-12-18-33-32-15-8-11-22-41(32)53-44(33)36/h3-28H,1-2H3/i1D3,2D3,6D,7D,9D,10D,16D,17D,20D,21D,27D,28D. The molecule has 3 aromatic heterocycles. The SMILES string of the molecule is [2H]c1c([2H])c([2H])c2c(c1[2H])-c1c(c([2H])c([2H])c3c1c1c([2H])c([2H])c([2H])c([2H])c1n3-c1nc(-c3ccc(-c4ccccc4)cc3)nc(-c3cccc4c3sc3ccccc34)n1)C2(C([2H])([2H])[2H])C([2H])([2H])[2H]. The third-order valence-corrected chi connectivity index (χ3v) is 11.0. The molecule has 5 heteroatoms. The van der Waals surface area contributed by atoms with Crippen LogP contribution in [-0.4, -0.2) is 19.5 Å². The number of para-hydroxylation sites is 1. The van der Waals surface area contributed by atoms with Gasteiger partial charge in [0.2, 0.25) is 5.95 Å². The molecule has 1 aliphatic rings. The summed E-state index contributed by atoms with van der Waals surface area (Å²) in [5, 5.41) is 1.20. The molecule has 0 spiro atoms. The van der Waals surface area contributed by atoms with Gasteiger partial charge in [-0.05, 0) is 57.6 Å². The Kier molecular flexibility index (Phi) is 3.91. The van der Waals surface area contributed by atoms with Gasteiger partial charge in [-0.15, -0.1) is 11.3 Å². The quantitative estimate of drug-likeness (QED) is 0.182. The lowest BCUT2D eigenvalue weighted by Gasteiger charge is -2.21. The lowest BCUT2D eigenvalue weighted by Crippen LogP contribution is -2.14. The van der Waals surface area contributed by atoms with Crippen LogP contribution in [0.5, 0.6) is 0 Å². The third kappa shape index (κ3) is 4.44. The van der Waals surface area contributed by atoms with Crippen LogP contribution in [0, 0.1) is 0 Å². The summed E-state index contributed by atoms with van der Waals surface area (Å²) in [4.78, 5) is 14.9. The van der Waals surface area contributed by atoms with Gasteiger partial charge in [0.1, 0.15) is 0 Å². The second kappa shape index (κ2) is 11.3. The Balaban J connectivity index is 1.34. The van der Waals surface area contributed by atoms with Gasteiger partial charge in [0.05, 0.1) is 24.7 Å². The fourth-order valence-electron chi connectivity index (χ4n) is 7.38. The first-order valence-corrected chi connectivity index (χ1v) is 17.5. The largest absolute Gasteiger partial charge is 0.278 e. The first kappa shape index (κ1) is 18.4. The fraction of sp³-hybridized carbons (Fsp3) is 0.0625. The summed E-state index contributed by atoms with van der Waals surface area (Å²) >= 11 is 1.50. The van der Waals surface area contributed by atoms with E-state index in [1.54, 1.807) is 12.1 Å². The van der Waals surface area contributed by atoms with Gasteiger partial charge in [0.25, 0.3) is 0 Å². The lowest BCUT2D eigenvalue weighted by molar-refractivity contribution is 0.661. The predicted octanol–water partition coefficient (Wildman–Crippen LogP) is 12.6. The summed E-state index contributed by atoms with van der Waals surface area (Å²) in [7, 11) is 0. The molecule has 0 radical (unpaired) electrons. The molecule has 0 N–H and O–H groups in total.